The lowest BCUT2D eigenvalue weighted by Crippen LogP contribution is -2.24. The third-order valence-corrected chi connectivity index (χ3v) is 3.69. The number of hydrogen-bond acceptors (Lipinski definition) is 4. The molecule has 1 amide bonds. The lowest BCUT2D eigenvalue weighted by molar-refractivity contribution is 0.0959. The Labute approximate surface area is 114 Å². The molecule has 0 aliphatic rings. The first kappa shape index (κ1) is 13.0. The van der Waals surface area contributed by atoms with Crippen molar-refractivity contribution < 1.29 is 4.79 Å². The third kappa shape index (κ3) is 2.86. The number of nitrogens with one attached hydrogen (secondary N) is 1. The summed E-state index contributed by atoms with van der Waals surface area (Å²) in [5.41, 5.74) is 1.65. The van der Waals surface area contributed by atoms with E-state index in [4.69, 9.17) is 11.6 Å². The van der Waals surface area contributed by atoms with Gasteiger partial charge in [0.1, 0.15) is 9.88 Å². The normalized spacial score (nSPS) is 10.3. The topological polar surface area (TPSA) is 54.9 Å². The number of nitrogens with zero attached hydrogens (tertiary/aromatic N) is 2. The highest BCUT2D eigenvalue weighted by Crippen LogP contribution is 2.27. The Kier molecular flexibility index (Phi) is 4.28. The lowest BCUT2D eigenvalue weighted by atomic mass is 10.3. The van der Waals surface area contributed by atoms with E-state index in [1.807, 2.05) is 19.1 Å². The molecule has 0 aliphatic heterocycles. The van der Waals surface area contributed by atoms with E-state index in [9.17, 15) is 4.79 Å². The van der Waals surface area contributed by atoms with Gasteiger partial charge in [-0.3, -0.25) is 9.78 Å². The minimum Gasteiger partial charge on any atom is -0.350 e. The number of pyridine rings is 1. The van der Waals surface area contributed by atoms with Gasteiger partial charge < -0.3 is 5.32 Å². The number of aromatic nitrogens is 2. The van der Waals surface area contributed by atoms with Crippen molar-refractivity contribution in [1.29, 1.82) is 0 Å². The minimum absolute atomic E-state index is 0.124. The highest BCUT2D eigenvalue weighted by molar-refractivity contribution is 7.17. The Bertz CT molecular complexity index is 542. The van der Waals surface area contributed by atoms with Crippen LogP contribution >= 0.6 is 22.9 Å². The van der Waals surface area contributed by atoms with Crippen LogP contribution in [0.3, 0.4) is 0 Å². The van der Waals surface area contributed by atoms with Crippen molar-refractivity contribution in [2.75, 3.05) is 12.4 Å². The van der Waals surface area contributed by atoms with E-state index in [-0.39, 0.29) is 5.91 Å². The Balaban J connectivity index is 2.25. The van der Waals surface area contributed by atoms with E-state index >= 15 is 0 Å². The zero-order valence-corrected chi connectivity index (χ0v) is 11.4. The molecule has 2 aromatic heterocycles. The van der Waals surface area contributed by atoms with Crippen molar-refractivity contribution in [1.82, 2.24) is 15.3 Å². The molecule has 2 rings (SSSR count). The Morgan fingerprint density at radius 1 is 1.56 bits per heavy atom. The molecule has 0 radical (unpaired) electrons. The molecule has 0 atom stereocenters. The number of hydrogen-bond donors (Lipinski definition) is 1. The minimum atomic E-state index is -0.124. The number of halogens is 1. The van der Waals surface area contributed by atoms with Gasteiger partial charge in [-0.2, -0.15) is 0 Å². The van der Waals surface area contributed by atoms with Crippen molar-refractivity contribution in [3.63, 3.8) is 0 Å². The van der Waals surface area contributed by atoms with Gasteiger partial charge in [-0.15, -0.1) is 22.9 Å². The highest BCUT2D eigenvalue weighted by atomic mass is 35.5. The number of carbonyl (C=O) groups excluding carboxylic acids is 1. The van der Waals surface area contributed by atoms with Gasteiger partial charge in [0, 0.05) is 30.4 Å². The van der Waals surface area contributed by atoms with Crippen LogP contribution in [0.15, 0.2) is 24.5 Å². The van der Waals surface area contributed by atoms with Gasteiger partial charge in [0.15, 0.2) is 0 Å². The van der Waals surface area contributed by atoms with Gasteiger partial charge >= 0.3 is 0 Å². The average Bonchev–Trinajstić information content (AvgIpc) is 2.79. The summed E-state index contributed by atoms with van der Waals surface area (Å²) in [6.07, 6.45) is 3.44. The number of alkyl halides is 1. The van der Waals surface area contributed by atoms with Crippen molar-refractivity contribution in [3.8, 4) is 10.6 Å². The van der Waals surface area contributed by atoms with Crippen LogP contribution < -0.4 is 5.32 Å². The predicted molar refractivity (Wildman–Crippen MR) is 73.1 cm³/mol. The van der Waals surface area contributed by atoms with Crippen molar-refractivity contribution in [2.24, 2.45) is 0 Å². The first-order valence-electron chi connectivity index (χ1n) is 5.44. The molecule has 94 valence electrons. The van der Waals surface area contributed by atoms with Gasteiger partial charge in [-0.05, 0) is 19.1 Å². The summed E-state index contributed by atoms with van der Waals surface area (Å²) in [6, 6.07) is 3.77. The molecule has 6 heteroatoms. The molecule has 0 fully saturated rings. The summed E-state index contributed by atoms with van der Waals surface area (Å²) in [6.45, 7) is 2.28. The van der Waals surface area contributed by atoms with Crippen LogP contribution in [0, 0.1) is 6.92 Å². The molecule has 18 heavy (non-hydrogen) atoms. The highest BCUT2D eigenvalue weighted by Gasteiger charge is 2.15. The second-order valence-electron chi connectivity index (χ2n) is 3.62. The Morgan fingerprint density at radius 3 is 3.06 bits per heavy atom. The summed E-state index contributed by atoms with van der Waals surface area (Å²) in [4.78, 5) is 20.9. The second-order valence-corrected chi connectivity index (χ2v) is 5.00. The number of thiazole rings is 1. The zero-order valence-electron chi connectivity index (χ0n) is 9.81. The van der Waals surface area contributed by atoms with E-state index in [1.54, 1.807) is 12.4 Å². The second kappa shape index (κ2) is 5.93. The van der Waals surface area contributed by atoms with Gasteiger partial charge in [0.05, 0.1) is 5.69 Å². The number of amides is 1. The van der Waals surface area contributed by atoms with Crippen LogP contribution in [0.4, 0.5) is 0 Å². The molecule has 0 spiro atoms. The Hall–Kier alpha value is -1.46. The van der Waals surface area contributed by atoms with Gasteiger partial charge in [-0.25, -0.2) is 4.98 Å². The average molecular weight is 282 g/mol. The summed E-state index contributed by atoms with van der Waals surface area (Å²) in [7, 11) is 0. The molecule has 0 aromatic carbocycles. The van der Waals surface area contributed by atoms with Crippen LogP contribution in [0.5, 0.6) is 0 Å². The monoisotopic (exact) mass is 281 g/mol. The van der Waals surface area contributed by atoms with E-state index < -0.39 is 0 Å². The Morgan fingerprint density at radius 2 is 2.39 bits per heavy atom. The first-order valence-corrected chi connectivity index (χ1v) is 6.79. The molecular weight excluding hydrogens is 270 g/mol. The quantitative estimate of drug-likeness (QED) is 0.876. The molecule has 2 heterocycles. The summed E-state index contributed by atoms with van der Waals surface area (Å²) < 4.78 is 0. The van der Waals surface area contributed by atoms with Crippen molar-refractivity contribution in [2.45, 2.75) is 6.92 Å². The number of carbonyl (C=O) groups is 1. The molecule has 4 nitrogen and oxygen atoms in total. The lowest BCUT2D eigenvalue weighted by Gasteiger charge is -1.99. The maximum absolute atomic E-state index is 11.9. The van der Waals surface area contributed by atoms with E-state index in [1.165, 1.54) is 11.3 Å². The van der Waals surface area contributed by atoms with Gasteiger partial charge in [0.2, 0.25) is 0 Å². The van der Waals surface area contributed by atoms with E-state index in [0.717, 1.165) is 16.3 Å². The smallest absolute Gasteiger partial charge is 0.263 e. The maximum Gasteiger partial charge on any atom is 0.263 e. The van der Waals surface area contributed by atoms with Gasteiger partial charge in [0.25, 0.3) is 5.91 Å². The van der Waals surface area contributed by atoms with Crippen LogP contribution in [0.2, 0.25) is 0 Å². The summed E-state index contributed by atoms with van der Waals surface area (Å²) in [5.74, 6) is 0.278. The molecule has 1 N–H and O–H groups in total. The van der Waals surface area contributed by atoms with Crippen LogP contribution in [0.1, 0.15) is 15.4 Å². The summed E-state index contributed by atoms with van der Waals surface area (Å²) in [5, 5.41) is 3.54. The third-order valence-electron chi connectivity index (χ3n) is 2.29. The predicted octanol–water partition coefficient (Wildman–Crippen LogP) is 2.48. The standard InChI is InChI=1S/C12H12ClN3OS/c1-8-10(11(17)15-6-4-13)18-12(16-8)9-3-2-5-14-7-9/h2-3,5,7H,4,6H2,1H3,(H,15,17). The first-order chi connectivity index (χ1) is 8.72. The van der Waals surface area contributed by atoms with Crippen molar-refractivity contribution >= 4 is 28.8 Å². The van der Waals surface area contributed by atoms with Gasteiger partial charge in [-0.1, -0.05) is 0 Å². The molecule has 0 saturated heterocycles. The molecule has 0 bridgehead atoms. The summed E-state index contributed by atoms with van der Waals surface area (Å²) >= 11 is 6.90. The van der Waals surface area contributed by atoms with Crippen molar-refractivity contribution in [3.05, 3.63) is 35.1 Å². The SMILES string of the molecule is Cc1nc(-c2cccnc2)sc1C(=O)NCCCl. The fraction of sp³-hybridized carbons (Fsp3) is 0.250. The molecule has 0 unspecified atom stereocenters. The van der Waals surface area contributed by atoms with Crippen LogP contribution in [0.25, 0.3) is 10.6 Å². The largest absolute Gasteiger partial charge is 0.350 e. The fourth-order valence-electron chi connectivity index (χ4n) is 1.46. The maximum atomic E-state index is 11.9. The molecule has 2 aromatic rings. The van der Waals surface area contributed by atoms with E-state index in [2.05, 4.69) is 15.3 Å². The molecule has 0 aliphatic carbocycles. The molecule has 0 saturated carbocycles. The number of rotatable bonds is 4. The molecular formula is C12H12ClN3OS. The fourth-order valence-corrected chi connectivity index (χ4v) is 2.53. The van der Waals surface area contributed by atoms with Crippen LogP contribution in [-0.2, 0) is 0 Å². The van der Waals surface area contributed by atoms with Crippen LogP contribution in [-0.4, -0.2) is 28.3 Å². The van der Waals surface area contributed by atoms with E-state index in [0.29, 0.717) is 17.3 Å². The zero-order chi connectivity index (χ0) is 13.0. The number of aryl methyl sites for hydroxylation is 1.